The Balaban J connectivity index is 2.73. The molecule has 0 aliphatic heterocycles. The first-order valence-electron chi connectivity index (χ1n) is 4.99. The van der Waals surface area contributed by atoms with Crippen LogP contribution in [-0.2, 0) is 6.42 Å². The van der Waals surface area contributed by atoms with Gasteiger partial charge in [0.15, 0.2) is 0 Å². The molecule has 0 spiro atoms. The number of fused-ring (bicyclic) bond motifs is 1. The fourth-order valence-electron chi connectivity index (χ4n) is 1.70. The Morgan fingerprint density at radius 1 is 1.31 bits per heavy atom. The molecule has 0 aliphatic rings. The number of hydrogen-bond donors (Lipinski definition) is 0. The van der Waals surface area contributed by atoms with Gasteiger partial charge in [0.2, 0.25) is 0 Å². The van der Waals surface area contributed by atoms with Crippen LogP contribution in [0.5, 0.6) is 0 Å². The molecule has 0 atom stereocenters. The Hall–Kier alpha value is -0.780. The van der Waals surface area contributed by atoms with E-state index >= 15 is 0 Å². The molecule has 0 bridgehead atoms. The molecule has 0 unspecified atom stereocenters. The molecule has 2 aromatic rings. The predicted octanol–water partition coefficient (Wildman–Crippen LogP) is 4.34. The second kappa shape index (κ2) is 4.61. The van der Waals surface area contributed by atoms with Crippen molar-refractivity contribution in [1.29, 1.82) is 0 Å². The fraction of sp³-hybridized carbons (Fsp3) is 0.250. The van der Waals surface area contributed by atoms with Crippen LogP contribution in [0.3, 0.4) is 0 Å². The van der Waals surface area contributed by atoms with E-state index in [2.05, 4.69) is 27.6 Å². The summed E-state index contributed by atoms with van der Waals surface area (Å²) >= 11 is 2.15. The van der Waals surface area contributed by atoms with Crippen LogP contribution in [0.2, 0.25) is 0 Å². The van der Waals surface area contributed by atoms with Gasteiger partial charge in [-0.1, -0.05) is 13.0 Å². The van der Waals surface area contributed by atoms with Crippen molar-refractivity contribution in [2.75, 3.05) is 0 Å². The number of halogens is 3. The van der Waals surface area contributed by atoms with Crippen molar-refractivity contribution in [2.24, 2.45) is 0 Å². The molecule has 1 aromatic heterocycles. The zero-order valence-corrected chi connectivity index (χ0v) is 10.8. The van der Waals surface area contributed by atoms with E-state index in [4.69, 9.17) is 0 Å². The first kappa shape index (κ1) is 11.7. The van der Waals surface area contributed by atoms with Gasteiger partial charge in [-0.3, -0.25) is 0 Å². The van der Waals surface area contributed by atoms with E-state index in [1.54, 1.807) is 0 Å². The summed E-state index contributed by atoms with van der Waals surface area (Å²) in [6.07, 6.45) is -1.77. The van der Waals surface area contributed by atoms with Gasteiger partial charge in [-0.25, -0.2) is 13.8 Å². The first-order chi connectivity index (χ1) is 7.61. The van der Waals surface area contributed by atoms with Crippen molar-refractivity contribution in [3.8, 4) is 0 Å². The summed E-state index contributed by atoms with van der Waals surface area (Å²) in [5, 5.41) is 0.965. The highest BCUT2D eigenvalue weighted by Crippen LogP contribution is 2.25. The first-order valence-corrected chi connectivity index (χ1v) is 6.07. The van der Waals surface area contributed by atoms with Crippen LogP contribution in [0.15, 0.2) is 24.3 Å². The van der Waals surface area contributed by atoms with Crippen LogP contribution in [-0.4, -0.2) is 4.98 Å². The van der Waals surface area contributed by atoms with Crippen LogP contribution in [0, 0.1) is 3.57 Å². The Kier molecular flexibility index (Phi) is 3.37. The summed E-state index contributed by atoms with van der Waals surface area (Å²) in [7, 11) is 0. The quantitative estimate of drug-likeness (QED) is 0.745. The van der Waals surface area contributed by atoms with Crippen LogP contribution < -0.4 is 0 Å². The molecule has 0 saturated heterocycles. The second-order valence-corrected chi connectivity index (χ2v) is 4.77. The molecule has 0 N–H and O–H groups in total. The number of hydrogen-bond acceptors (Lipinski definition) is 1. The van der Waals surface area contributed by atoms with E-state index in [1.165, 1.54) is 6.07 Å². The largest absolute Gasteiger partial charge is 0.280 e. The molecule has 1 heterocycles. The maximum Gasteiger partial charge on any atom is 0.280 e. The van der Waals surface area contributed by atoms with Crippen molar-refractivity contribution >= 4 is 33.5 Å². The number of aryl methyl sites for hydroxylation is 1. The lowest BCUT2D eigenvalue weighted by Gasteiger charge is -2.07. The number of aromatic nitrogens is 1. The summed E-state index contributed by atoms with van der Waals surface area (Å²) in [6.45, 7) is 1.96. The molecule has 1 nitrogen and oxygen atoms in total. The van der Waals surface area contributed by atoms with Gasteiger partial charge in [0, 0.05) is 8.96 Å². The lowest BCUT2D eigenvalue weighted by molar-refractivity contribution is 0.146. The molecule has 16 heavy (non-hydrogen) atoms. The summed E-state index contributed by atoms with van der Waals surface area (Å²) in [4.78, 5) is 3.99. The Morgan fingerprint density at radius 2 is 2.06 bits per heavy atom. The van der Waals surface area contributed by atoms with Gasteiger partial charge in [-0.05, 0) is 52.8 Å². The maximum atomic E-state index is 12.6. The highest BCUT2D eigenvalue weighted by molar-refractivity contribution is 14.1. The molecular weight excluding hydrogens is 323 g/mol. The third-order valence-corrected chi connectivity index (χ3v) is 3.15. The molecule has 0 amide bonds. The standard InChI is InChI=1S/C12H10F2IN/c1-2-7-5-11(12(13)14)16-10-6-8(15)3-4-9(7)10/h3-6,12H,2H2,1H3. The van der Waals surface area contributed by atoms with Crippen molar-refractivity contribution in [1.82, 2.24) is 4.98 Å². The third kappa shape index (κ3) is 2.16. The van der Waals surface area contributed by atoms with Crippen molar-refractivity contribution in [3.05, 3.63) is 39.1 Å². The monoisotopic (exact) mass is 333 g/mol. The number of nitrogens with zero attached hydrogens (tertiary/aromatic N) is 1. The summed E-state index contributed by atoms with van der Waals surface area (Å²) < 4.78 is 26.3. The molecule has 4 heteroatoms. The minimum absolute atomic E-state index is 0.133. The van der Waals surface area contributed by atoms with E-state index in [1.807, 2.05) is 25.1 Å². The molecule has 0 fully saturated rings. The van der Waals surface area contributed by atoms with Crippen LogP contribution in [0.1, 0.15) is 24.6 Å². The van der Waals surface area contributed by atoms with Gasteiger partial charge >= 0.3 is 0 Å². The summed E-state index contributed by atoms with van der Waals surface area (Å²) in [6, 6.07) is 7.24. The SMILES string of the molecule is CCc1cc(C(F)F)nc2cc(I)ccc12. The predicted molar refractivity (Wildman–Crippen MR) is 68.8 cm³/mol. The molecule has 0 saturated carbocycles. The van der Waals surface area contributed by atoms with Gasteiger partial charge in [-0.15, -0.1) is 0 Å². The average Bonchev–Trinajstić information content (AvgIpc) is 2.26. The average molecular weight is 333 g/mol. The Morgan fingerprint density at radius 3 is 2.69 bits per heavy atom. The van der Waals surface area contributed by atoms with Gasteiger partial charge in [0.25, 0.3) is 6.43 Å². The van der Waals surface area contributed by atoms with Gasteiger partial charge in [0.05, 0.1) is 5.52 Å². The maximum absolute atomic E-state index is 12.6. The molecule has 0 radical (unpaired) electrons. The van der Waals surface area contributed by atoms with E-state index < -0.39 is 6.43 Å². The number of rotatable bonds is 2. The third-order valence-electron chi connectivity index (χ3n) is 2.48. The zero-order chi connectivity index (χ0) is 11.7. The van der Waals surface area contributed by atoms with Crippen LogP contribution in [0.25, 0.3) is 10.9 Å². The van der Waals surface area contributed by atoms with E-state index in [0.717, 1.165) is 20.9 Å². The lowest BCUT2D eigenvalue weighted by atomic mass is 10.1. The van der Waals surface area contributed by atoms with Crippen LogP contribution >= 0.6 is 22.6 Å². The summed E-state index contributed by atoms with van der Waals surface area (Å²) in [5.41, 5.74) is 1.45. The van der Waals surface area contributed by atoms with E-state index in [-0.39, 0.29) is 5.69 Å². The summed E-state index contributed by atoms with van der Waals surface area (Å²) in [5.74, 6) is 0. The highest BCUT2D eigenvalue weighted by atomic mass is 127. The van der Waals surface area contributed by atoms with Crippen molar-refractivity contribution in [2.45, 2.75) is 19.8 Å². The van der Waals surface area contributed by atoms with Crippen molar-refractivity contribution in [3.63, 3.8) is 0 Å². The molecule has 84 valence electrons. The van der Waals surface area contributed by atoms with E-state index in [0.29, 0.717) is 5.52 Å². The second-order valence-electron chi connectivity index (χ2n) is 3.52. The minimum Gasteiger partial charge on any atom is -0.247 e. The Labute approximate surface area is 106 Å². The number of alkyl halides is 2. The fourth-order valence-corrected chi connectivity index (χ4v) is 2.18. The Bertz CT molecular complexity index is 526. The highest BCUT2D eigenvalue weighted by Gasteiger charge is 2.12. The zero-order valence-electron chi connectivity index (χ0n) is 8.67. The number of pyridine rings is 1. The molecular formula is C12H10F2IN. The smallest absolute Gasteiger partial charge is 0.247 e. The van der Waals surface area contributed by atoms with Crippen LogP contribution in [0.4, 0.5) is 8.78 Å². The molecule has 0 aliphatic carbocycles. The lowest BCUT2D eigenvalue weighted by Crippen LogP contribution is -1.95. The topological polar surface area (TPSA) is 12.9 Å². The number of benzene rings is 1. The van der Waals surface area contributed by atoms with Gasteiger partial charge in [-0.2, -0.15) is 0 Å². The van der Waals surface area contributed by atoms with Crippen molar-refractivity contribution < 1.29 is 8.78 Å². The molecule has 2 rings (SSSR count). The van der Waals surface area contributed by atoms with Gasteiger partial charge < -0.3 is 0 Å². The van der Waals surface area contributed by atoms with E-state index in [9.17, 15) is 8.78 Å². The normalized spacial score (nSPS) is 11.3. The molecule has 1 aromatic carbocycles. The van der Waals surface area contributed by atoms with Gasteiger partial charge in [0.1, 0.15) is 5.69 Å². The minimum atomic E-state index is -2.51.